The minimum absolute atomic E-state index is 0.00917. The molecule has 2 rings (SSSR count). The zero-order chi connectivity index (χ0) is 13.0. The summed E-state index contributed by atoms with van der Waals surface area (Å²) in [7, 11) is 0. The van der Waals surface area contributed by atoms with E-state index in [2.05, 4.69) is 12.2 Å². The number of nitrogens with one attached hydrogen (secondary N) is 1. The Balaban J connectivity index is 2.36. The van der Waals surface area contributed by atoms with Gasteiger partial charge in [0.2, 0.25) is 0 Å². The molecule has 1 unspecified atom stereocenters. The van der Waals surface area contributed by atoms with Crippen molar-refractivity contribution in [3.05, 3.63) is 58.0 Å². The first-order chi connectivity index (χ1) is 8.72. The Labute approximate surface area is 117 Å². The number of hydrogen-bond donors (Lipinski definition) is 1. The Morgan fingerprint density at radius 1 is 1.28 bits per heavy atom. The molecule has 1 aromatic heterocycles. The zero-order valence-corrected chi connectivity index (χ0v) is 11.6. The van der Waals surface area contributed by atoms with Gasteiger partial charge in [-0.3, -0.25) is 0 Å². The summed E-state index contributed by atoms with van der Waals surface area (Å²) in [6, 6.07) is 7.45. The largest absolute Gasteiger partial charge is 0.472 e. The van der Waals surface area contributed by atoms with E-state index in [1.165, 1.54) is 0 Å². The van der Waals surface area contributed by atoms with Crippen molar-refractivity contribution in [1.29, 1.82) is 0 Å². The second-order valence-electron chi connectivity index (χ2n) is 4.11. The third-order valence-electron chi connectivity index (χ3n) is 2.74. The van der Waals surface area contributed by atoms with Crippen molar-refractivity contribution in [2.45, 2.75) is 19.4 Å². The predicted octanol–water partition coefficient (Wildman–Crippen LogP) is 4.68. The van der Waals surface area contributed by atoms with Gasteiger partial charge in [0.1, 0.15) is 0 Å². The molecular weight excluding hydrogens is 269 g/mol. The number of rotatable bonds is 5. The quantitative estimate of drug-likeness (QED) is 0.862. The van der Waals surface area contributed by atoms with Gasteiger partial charge in [0.05, 0.1) is 18.6 Å². The van der Waals surface area contributed by atoms with Crippen LogP contribution in [0, 0.1) is 0 Å². The molecule has 1 aromatic carbocycles. The van der Waals surface area contributed by atoms with Crippen molar-refractivity contribution in [2.24, 2.45) is 0 Å². The summed E-state index contributed by atoms with van der Waals surface area (Å²) in [6.07, 6.45) is 4.44. The lowest BCUT2D eigenvalue weighted by Gasteiger charge is -2.19. The summed E-state index contributed by atoms with van der Waals surface area (Å²) in [5, 5.41) is 4.84. The highest BCUT2D eigenvalue weighted by molar-refractivity contribution is 6.33. The van der Waals surface area contributed by atoms with Gasteiger partial charge in [-0.25, -0.2) is 0 Å². The van der Waals surface area contributed by atoms with E-state index in [-0.39, 0.29) is 6.04 Å². The van der Waals surface area contributed by atoms with Gasteiger partial charge in [-0.1, -0.05) is 30.1 Å². The molecule has 0 aliphatic carbocycles. The molecule has 0 saturated heterocycles. The highest BCUT2D eigenvalue weighted by Crippen LogP contribution is 2.30. The Morgan fingerprint density at radius 3 is 2.78 bits per heavy atom. The van der Waals surface area contributed by atoms with Gasteiger partial charge in [-0.05, 0) is 42.8 Å². The second kappa shape index (κ2) is 6.28. The van der Waals surface area contributed by atoms with Crippen molar-refractivity contribution in [3.8, 4) is 0 Å². The van der Waals surface area contributed by atoms with Crippen LogP contribution in [0.2, 0.25) is 10.0 Å². The average Bonchev–Trinajstić information content (AvgIpc) is 2.88. The zero-order valence-electron chi connectivity index (χ0n) is 10.1. The minimum Gasteiger partial charge on any atom is -0.472 e. The number of hydrogen-bond acceptors (Lipinski definition) is 2. The summed E-state index contributed by atoms with van der Waals surface area (Å²) < 4.78 is 5.15. The number of halogens is 2. The van der Waals surface area contributed by atoms with Gasteiger partial charge >= 0.3 is 0 Å². The molecule has 2 nitrogen and oxygen atoms in total. The van der Waals surface area contributed by atoms with Crippen LogP contribution in [-0.4, -0.2) is 6.54 Å². The fourth-order valence-corrected chi connectivity index (χ4v) is 2.28. The van der Waals surface area contributed by atoms with Crippen molar-refractivity contribution in [1.82, 2.24) is 5.32 Å². The van der Waals surface area contributed by atoms with Gasteiger partial charge in [0.25, 0.3) is 0 Å². The summed E-state index contributed by atoms with van der Waals surface area (Å²) in [5.41, 5.74) is 2.02. The van der Waals surface area contributed by atoms with Gasteiger partial charge in [0, 0.05) is 15.6 Å². The van der Waals surface area contributed by atoms with E-state index in [0.717, 1.165) is 24.1 Å². The first-order valence-electron chi connectivity index (χ1n) is 5.92. The Morgan fingerprint density at radius 2 is 2.11 bits per heavy atom. The monoisotopic (exact) mass is 283 g/mol. The van der Waals surface area contributed by atoms with Crippen LogP contribution in [0.4, 0.5) is 0 Å². The molecule has 0 aliphatic heterocycles. The van der Waals surface area contributed by atoms with Crippen LogP contribution in [0.25, 0.3) is 0 Å². The Hall–Kier alpha value is -0.960. The third-order valence-corrected chi connectivity index (χ3v) is 3.32. The van der Waals surface area contributed by atoms with E-state index < -0.39 is 0 Å². The standard InChI is InChI=1S/C14H15Cl2NO/c1-2-6-17-14(10-5-7-18-9-10)12-8-11(15)3-4-13(12)16/h3-5,7-9,14,17H,2,6H2,1H3. The van der Waals surface area contributed by atoms with Crippen molar-refractivity contribution < 1.29 is 4.42 Å². The lowest BCUT2D eigenvalue weighted by atomic mass is 10.0. The molecule has 0 spiro atoms. The second-order valence-corrected chi connectivity index (χ2v) is 4.95. The summed E-state index contributed by atoms with van der Waals surface area (Å²) in [6.45, 7) is 3.03. The number of benzene rings is 1. The molecule has 18 heavy (non-hydrogen) atoms. The van der Waals surface area contributed by atoms with E-state index in [4.69, 9.17) is 27.6 Å². The highest BCUT2D eigenvalue weighted by atomic mass is 35.5. The van der Waals surface area contributed by atoms with Gasteiger partial charge in [0.15, 0.2) is 0 Å². The molecule has 0 amide bonds. The molecule has 1 N–H and O–H groups in total. The maximum Gasteiger partial charge on any atom is 0.0953 e. The molecule has 0 bridgehead atoms. The fourth-order valence-electron chi connectivity index (χ4n) is 1.87. The Kier molecular flexibility index (Phi) is 4.70. The van der Waals surface area contributed by atoms with Crippen LogP contribution < -0.4 is 5.32 Å². The lowest BCUT2D eigenvalue weighted by molar-refractivity contribution is 0.548. The van der Waals surface area contributed by atoms with Crippen LogP contribution in [0.5, 0.6) is 0 Å². The van der Waals surface area contributed by atoms with Crippen molar-refractivity contribution in [3.63, 3.8) is 0 Å². The van der Waals surface area contributed by atoms with E-state index in [1.54, 1.807) is 18.6 Å². The maximum absolute atomic E-state index is 6.26. The third kappa shape index (κ3) is 3.08. The first kappa shape index (κ1) is 13.5. The summed E-state index contributed by atoms with van der Waals surface area (Å²) in [5.74, 6) is 0. The van der Waals surface area contributed by atoms with E-state index in [9.17, 15) is 0 Å². The highest BCUT2D eigenvalue weighted by Gasteiger charge is 2.17. The van der Waals surface area contributed by atoms with Crippen LogP contribution in [-0.2, 0) is 0 Å². The number of furan rings is 1. The van der Waals surface area contributed by atoms with E-state index in [1.807, 2.05) is 18.2 Å². The van der Waals surface area contributed by atoms with Crippen molar-refractivity contribution in [2.75, 3.05) is 6.54 Å². The normalized spacial score (nSPS) is 12.6. The molecule has 1 heterocycles. The average molecular weight is 284 g/mol. The smallest absolute Gasteiger partial charge is 0.0953 e. The minimum atomic E-state index is 0.00917. The topological polar surface area (TPSA) is 25.2 Å². The van der Waals surface area contributed by atoms with Crippen molar-refractivity contribution >= 4 is 23.2 Å². The molecule has 2 aromatic rings. The predicted molar refractivity (Wildman–Crippen MR) is 75.3 cm³/mol. The SMILES string of the molecule is CCCNC(c1ccoc1)c1cc(Cl)ccc1Cl. The van der Waals surface area contributed by atoms with Crippen LogP contribution in [0.15, 0.2) is 41.2 Å². The maximum atomic E-state index is 6.26. The molecule has 0 fully saturated rings. The molecule has 0 aliphatic rings. The van der Waals surface area contributed by atoms with Crippen LogP contribution in [0.1, 0.15) is 30.5 Å². The van der Waals surface area contributed by atoms with Gasteiger partial charge in [-0.2, -0.15) is 0 Å². The molecular formula is C14H15Cl2NO. The van der Waals surface area contributed by atoms with Gasteiger partial charge < -0.3 is 9.73 Å². The molecule has 96 valence electrons. The molecule has 4 heteroatoms. The molecule has 0 saturated carbocycles. The summed E-state index contributed by atoms with van der Waals surface area (Å²) >= 11 is 12.3. The van der Waals surface area contributed by atoms with E-state index >= 15 is 0 Å². The fraction of sp³-hybridized carbons (Fsp3) is 0.286. The molecule has 0 radical (unpaired) electrons. The van der Waals surface area contributed by atoms with Gasteiger partial charge in [-0.15, -0.1) is 0 Å². The first-order valence-corrected chi connectivity index (χ1v) is 6.68. The van der Waals surface area contributed by atoms with Crippen LogP contribution in [0.3, 0.4) is 0 Å². The van der Waals surface area contributed by atoms with Crippen LogP contribution >= 0.6 is 23.2 Å². The molecule has 1 atom stereocenters. The lowest BCUT2D eigenvalue weighted by Crippen LogP contribution is -2.23. The van der Waals surface area contributed by atoms with E-state index in [0.29, 0.717) is 10.0 Å². The summed E-state index contributed by atoms with van der Waals surface area (Å²) in [4.78, 5) is 0. The Bertz CT molecular complexity index is 497.